The number of carbonyl (C=O) groups excluding carboxylic acids is 1. The Labute approximate surface area is 209 Å². The van der Waals surface area contributed by atoms with Crippen molar-refractivity contribution in [2.75, 3.05) is 20.3 Å². The van der Waals surface area contributed by atoms with Crippen LogP contribution in [0.5, 0.6) is 5.75 Å². The molecule has 1 aromatic carbocycles. The molecule has 0 aliphatic heterocycles. The van der Waals surface area contributed by atoms with E-state index in [1.54, 1.807) is 7.11 Å². The fraction of sp³-hybridized carbons (Fsp3) is 0.714. The van der Waals surface area contributed by atoms with Crippen molar-refractivity contribution in [3.8, 4) is 5.75 Å². The monoisotopic (exact) mass is 490 g/mol. The minimum absolute atomic E-state index is 0.152. The molecule has 7 nitrogen and oxygen atoms in total. The van der Waals surface area contributed by atoms with Crippen molar-refractivity contribution >= 4 is 11.9 Å². The van der Waals surface area contributed by atoms with Crippen LogP contribution in [0.1, 0.15) is 75.8 Å². The van der Waals surface area contributed by atoms with Gasteiger partial charge in [0.1, 0.15) is 11.9 Å². The van der Waals surface area contributed by atoms with Crippen LogP contribution in [0.2, 0.25) is 0 Å². The summed E-state index contributed by atoms with van der Waals surface area (Å²) in [4.78, 5) is 23.6. The van der Waals surface area contributed by atoms with Gasteiger partial charge in [-0.15, -0.1) is 0 Å². The van der Waals surface area contributed by atoms with Crippen molar-refractivity contribution in [1.82, 2.24) is 0 Å². The number of carbonyl (C=O) groups is 2. The van der Waals surface area contributed by atoms with Gasteiger partial charge in [0.25, 0.3) is 0 Å². The van der Waals surface area contributed by atoms with Crippen LogP contribution in [-0.2, 0) is 31.9 Å². The Balaban J connectivity index is 1.71. The third kappa shape index (κ3) is 7.94. The molecule has 0 heterocycles. The van der Waals surface area contributed by atoms with E-state index in [0.29, 0.717) is 37.0 Å². The van der Waals surface area contributed by atoms with Crippen molar-refractivity contribution in [3.05, 3.63) is 29.3 Å². The highest BCUT2D eigenvalue weighted by Crippen LogP contribution is 2.49. The molecule has 0 radical (unpaired) electrons. The number of aliphatic hydroxyl groups is 1. The van der Waals surface area contributed by atoms with Gasteiger partial charge in [0, 0.05) is 20.1 Å². The average molecular weight is 491 g/mol. The SMILES string of the molecule is CCCCC[C@H](O)CC[C@@H]1[C@H]2Cc3cccc(OCC(=O)O)c3C[C@H]2C[C@H]1OC(=O)CCCOC. The van der Waals surface area contributed by atoms with E-state index in [0.717, 1.165) is 63.4 Å². The number of carboxylic acids is 1. The maximum atomic E-state index is 12.6. The van der Waals surface area contributed by atoms with Crippen LogP contribution >= 0.6 is 0 Å². The van der Waals surface area contributed by atoms with E-state index in [9.17, 15) is 14.7 Å². The van der Waals surface area contributed by atoms with E-state index in [2.05, 4.69) is 13.0 Å². The second kappa shape index (κ2) is 13.8. The lowest BCUT2D eigenvalue weighted by Crippen LogP contribution is -2.30. The first-order chi connectivity index (χ1) is 16.9. The van der Waals surface area contributed by atoms with Gasteiger partial charge >= 0.3 is 11.9 Å². The summed E-state index contributed by atoms with van der Waals surface area (Å²) >= 11 is 0. The number of rotatable bonds is 15. The van der Waals surface area contributed by atoms with E-state index < -0.39 is 5.97 Å². The molecule has 196 valence electrons. The van der Waals surface area contributed by atoms with Crippen molar-refractivity contribution in [2.24, 2.45) is 17.8 Å². The number of hydrogen-bond acceptors (Lipinski definition) is 6. The summed E-state index contributed by atoms with van der Waals surface area (Å²) in [5.74, 6) is 0.403. The number of unbranched alkanes of at least 4 members (excludes halogenated alkanes) is 2. The highest BCUT2D eigenvalue weighted by atomic mass is 16.5. The summed E-state index contributed by atoms with van der Waals surface area (Å²) in [6.45, 7) is 2.34. The largest absolute Gasteiger partial charge is 0.482 e. The Hall–Kier alpha value is -2.12. The molecule has 3 rings (SSSR count). The average Bonchev–Trinajstić information content (AvgIpc) is 3.15. The molecule has 0 unspecified atom stereocenters. The number of aliphatic carboxylic acids is 1. The Morgan fingerprint density at radius 2 is 1.97 bits per heavy atom. The number of esters is 1. The zero-order chi connectivity index (χ0) is 25.2. The zero-order valence-corrected chi connectivity index (χ0v) is 21.2. The van der Waals surface area contributed by atoms with Gasteiger partial charge in [-0.25, -0.2) is 4.79 Å². The summed E-state index contributed by atoms with van der Waals surface area (Å²) in [6.07, 6.45) is 8.68. The molecule has 1 aromatic rings. The molecule has 2 N–H and O–H groups in total. The van der Waals surface area contributed by atoms with Crippen molar-refractivity contribution < 1.29 is 34.0 Å². The minimum Gasteiger partial charge on any atom is -0.482 e. The van der Waals surface area contributed by atoms with Crippen molar-refractivity contribution in [3.63, 3.8) is 0 Å². The van der Waals surface area contributed by atoms with Gasteiger partial charge in [0.2, 0.25) is 0 Å². The molecular formula is C28H42O7. The number of aliphatic hydroxyl groups excluding tert-OH is 1. The van der Waals surface area contributed by atoms with Gasteiger partial charge in [0.15, 0.2) is 6.61 Å². The molecule has 1 saturated carbocycles. The highest BCUT2D eigenvalue weighted by molar-refractivity contribution is 5.69. The number of fused-ring (bicyclic) bond motifs is 2. The van der Waals surface area contributed by atoms with Gasteiger partial charge < -0.3 is 24.4 Å². The second-order valence-corrected chi connectivity index (χ2v) is 10.2. The third-order valence-corrected chi connectivity index (χ3v) is 7.66. The van der Waals surface area contributed by atoms with Crippen LogP contribution in [0.4, 0.5) is 0 Å². The summed E-state index contributed by atoms with van der Waals surface area (Å²) in [6, 6.07) is 5.86. The quantitative estimate of drug-likeness (QED) is 0.274. The van der Waals surface area contributed by atoms with Gasteiger partial charge in [-0.3, -0.25) is 4.79 Å². The van der Waals surface area contributed by atoms with Gasteiger partial charge in [0.05, 0.1) is 6.10 Å². The number of methoxy groups -OCH3 is 1. The van der Waals surface area contributed by atoms with Gasteiger partial charge in [-0.2, -0.15) is 0 Å². The molecule has 1 fully saturated rings. The molecular weight excluding hydrogens is 448 g/mol. The van der Waals surface area contributed by atoms with Crippen molar-refractivity contribution in [1.29, 1.82) is 0 Å². The predicted molar refractivity (Wildman–Crippen MR) is 132 cm³/mol. The Bertz CT molecular complexity index is 824. The zero-order valence-electron chi connectivity index (χ0n) is 21.2. The molecule has 0 spiro atoms. The van der Waals surface area contributed by atoms with Crippen LogP contribution < -0.4 is 4.74 Å². The van der Waals surface area contributed by atoms with E-state index in [4.69, 9.17) is 19.3 Å². The smallest absolute Gasteiger partial charge is 0.341 e. The van der Waals surface area contributed by atoms with Gasteiger partial charge in [-0.05, 0) is 79.9 Å². The number of hydrogen-bond donors (Lipinski definition) is 2. The molecule has 0 saturated heterocycles. The maximum absolute atomic E-state index is 12.6. The van der Waals surface area contributed by atoms with E-state index >= 15 is 0 Å². The molecule has 2 aliphatic rings. The van der Waals surface area contributed by atoms with E-state index in [-0.39, 0.29) is 30.7 Å². The molecule has 0 bridgehead atoms. The lowest BCUT2D eigenvalue weighted by molar-refractivity contribution is -0.151. The summed E-state index contributed by atoms with van der Waals surface area (Å²) in [5, 5.41) is 19.6. The van der Waals surface area contributed by atoms with Crippen LogP contribution in [0.3, 0.4) is 0 Å². The minimum atomic E-state index is -0.991. The molecule has 0 aromatic heterocycles. The van der Waals surface area contributed by atoms with Crippen LogP contribution in [0, 0.1) is 17.8 Å². The summed E-state index contributed by atoms with van der Waals surface area (Å²) in [5.41, 5.74) is 2.27. The standard InChI is InChI=1S/C28H42O7/c1-3-4-5-9-21(29)12-13-22-23-15-19-8-6-10-25(34-18-27(30)31)24(19)16-20(23)17-26(22)35-28(32)11-7-14-33-2/h6,8,10,20-23,26,29H,3-5,7,9,11-18H2,1-2H3,(H,30,31)/t20-,21-,22+,23-,26+/m0/s1. The van der Waals surface area contributed by atoms with E-state index in [1.165, 1.54) is 5.56 Å². The van der Waals surface area contributed by atoms with E-state index in [1.807, 2.05) is 12.1 Å². The Morgan fingerprint density at radius 1 is 1.14 bits per heavy atom. The summed E-state index contributed by atoms with van der Waals surface area (Å²) < 4.78 is 16.7. The Kier molecular flexibility index (Phi) is 10.9. The second-order valence-electron chi connectivity index (χ2n) is 10.2. The number of carboxylic acid groups (broad SMARTS) is 1. The first-order valence-electron chi connectivity index (χ1n) is 13.2. The molecule has 7 heteroatoms. The molecule has 5 atom stereocenters. The first kappa shape index (κ1) is 27.5. The van der Waals surface area contributed by atoms with Crippen LogP contribution in [-0.4, -0.2) is 54.7 Å². The third-order valence-electron chi connectivity index (χ3n) is 7.66. The van der Waals surface area contributed by atoms with Crippen molar-refractivity contribution in [2.45, 2.75) is 89.8 Å². The first-order valence-corrected chi connectivity index (χ1v) is 13.2. The molecule has 35 heavy (non-hydrogen) atoms. The summed E-state index contributed by atoms with van der Waals surface area (Å²) in [7, 11) is 1.63. The number of ether oxygens (including phenoxy) is 3. The normalized spacial score (nSPS) is 23.9. The predicted octanol–water partition coefficient (Wildman–Crippen LogP) is 4.56. The van der Waals surface area contributed by atoms with Crippen LogP contribution in [0.15, 0.2) is 18.2 Å². The molecule has 2 aliphatic carbocycles. The lowest BCUT2D eigenvalue weighted by Gasteiger charge is -2.32. The maximum Gasteiger partial charge on any atom is 0.341 e. The fourth-order valence-corrected chi connectivity index (χ4v) is 5.93. The van der Waals surface area contributed by atoms with Gasteiger partial charge in [-0.1, -0.05) is 38.3 Å². The lowest BCUT2D eigenvalue weighted by atomic mass is 9.73. The Morgan fingerprint density at radius 3 is 2.71 bits per heavy atom. The fourth-order valence-electron chi connectivity index (χ4n) is 5.93. The highest BCUT2D eigenvalue weighted by Gasteiger charge is 2.47. The van der Waals surface area contributed by atoms with Crippen LogP contribution in [0.25, 0.3) is 0 Å². The number of benzene rings is 1. The topological polar surface area (TPSA) is 102 Å². The molecule has 0 amide bonds.